The molecule has 20 heavy (non-hydrogen) atoms. The summed E-state index contributed by atoms with van der Waals surface area (Å²) in [4.78, 5) is 2.35. The minimum absolute atomic E-state index is 0.581. The average molecular weight is 268 g/mol. The summed E-state index contributed by atoms with van der Waals surface area (Å²) < 4.78 is 0. The van der Waals surface area contributed by atoms with E-state index < -0.39 is 0 Å². The van der Waals surface area contributed by atoms with E-state index in [9.17, 15) is 0 Å². The number of hydrogen-bond acceptors (Lipinski definition) is 2. The first-order valence-electron chi connectivity index (χ1n) is 7.30. The van der Waals surface area contributed by atoms with E-state index in [0.29, 0.717) is 6.54 Å². The third-order valence-corrected chi connectivity index (χ3v) is 3.56. The van der Waals surface area contributed by atoms with Crippen LogP contribution in [-0.2, 0) is 13.1 Å². The maximum absolute atomic E-state index is 5.81. The third-order valence-electron chi connectivity index (χ3n) is 3.56. The van der Waals surface area contributed by atoms with Crippen LogP contribution in [0.4, 0.5) is 0 Å². The Labute approximate surface area is 122 Å². The highest BCUT2D eigenvalue weighted by Crippen LogP contribution is 2.24. The van der Waals surface area contributed by atoms with Crippen molar-refractivity contribution in [1.82, 2.24) is 4.90 Å². The van der Waals surface area contributed by atoms with E-state index in [-0.39, 0.29) is 0 Å². The van der Waals surface area contributed by atoms with Gasteiger partial charge in [-0.1, -0.05) is 55.5 Å². The van der Waals surface area contributed by atoms with Crippen LogP contribution >= 0.6 is 0 Å². The van der Waals surface area contributed by atoms with Crippen molar-refractivity contribution in [2.75, 3.05) is 13.6 Å². The zero-order chi connectivity index (χ0) is 14.4. The molecule has 2 heteroatoms. The molecule has 0 bridgehead atoms. The van der Waals surface area contributed by atoms with Gasteiger partial charge in [0.15, 0.2) is 0 Å². The number of rotatable bonds is 6. The standard InChI is InChI=1S/C18H24N2/c1-3-12-20(2)14-15-8-10-16(11-9-15)18-7-5-4-6-17(18)13-19/h4-11H,3,12-14,19H2,1-2H3. The van der Waals surface area contributed by atoms with Crippen molar-refractivity contribution in [1.29, 1.82) is 0 Å². The maximum atomic E-state index is 5.81. The molecule has 106 valence electrons. The van der Waals surface area contributed by atoms with Gasteiger partial charge in [-0.3, -0.25) is 0 Å². The second kappa shape index (κ2) is 7.22. The molecule has 0 unspecified atom stereocenters. The lowest BCUT2D eigenvalue weighted by Crippen LogP contribution is -2.18. The Morgan fingerprint density at radius 2 is 1.70 bits per heavy atom. The summed E-state index contributed by atoms with van der Waals surface area (Å²) in [7, 11) is 2.17. The largest absolute Gasteiger partial charge is 0.326 e. The molecule has 0 amide bonds. The van der Waals surface area contributed by atoms with Gasteiger partial charge in [0.1, 0.15) is 0 Å². The molecule has 0 aliphatic carbocycles. The maximum Gasteiger partial charge on any atom is 0.0230 e. The van der Waals surface area contributed by atoms with Crippen LogP contribution in [-0.4, -0.2) is 18.5 Å². The number of nitrogens with two attached hydrogens (primary N) is 1. The zero-order valence-corrected chi connectivity index (χ0v) is 12.5. The van der Waals surface area contributed by atoms with Gasteiger partial charge in [0.25, 0.3) is 0 Å². The molecule has 0 radical (unpaired) electrons. The Bertz CT molecular complexity index is 531. The fraction of sp³-hybridized carbons (Fsp3) is 0.333. The lowest BCUT2D eigenvalue weighted by atomic mass is 9.98. The van der Waals surface area contributed by atoms with Crippen molar-refractivity contribution in [3.8, 4) is 11.1 Å². The fourth-order valence-electron chi connectivity index (χ4n) is 2.54. The monoisotopic (exact) mass is 268 g/mol. The third kappa shape index (κ3) is 3.69. The average Bonchev–Trinajstić information content (AvgIpc) is 2.48. The van der Waals surface area contributed by atoms with Crippen LogP contribution < -0.4 is 5.73 Å². The predicted octanol–water partition coefficient (Wildman–Crippen LogP) is 3.65. The quantitative estimate of drug-likeness (QED) is 0.866. The Morgan fingerprint density at radius 3 is 2.35 bits per heavy atom. The topological polar surface area (TPSA) is 29.3 Å². The van der Waals surface area contributed by atoms with Crippen molar-refractivity contribution in [3.05, 3.63) is 59.7 Å². The molecular weight excluding hydrogens is 244 g/mol. The molecule has 0 saturated carbocycles. The summed E-state index contributed by atoms with van der Waals surface area (Å²) >= 11 is 0. The highest BCUT2D eigenvalue weighted by molar-refractivity contribution is 5.67. The molecule has 2 rings (SSSR count). The van der Waals surface area contributed by atoms with Crippen molar-refractivity contribution >= 4 is 0 Å². The Hall–Kier alpha value is -1.64. The molecular formula is C18H24N2. The van der Waals surface area contributed by atoms with Gasteiger partial charge in [-0.15, -0.1) is 0 Å². The first-order valence-corrected chi connectivity index (χ1v) is 7.30. The summed E-state index contributed by atoms with van der Waals surface area (Å²) in [6, 6.07) is 17.2. The van der Waals surface area contributed by atoms with Crippen LogP contribution in [0.25, 0.3) is 11.1 Å². The second-order valence-corrected chi connectivity index (χ2v) is 5.30. The second-order valence-electron chi connectivity index (χ2n) is 5.30. The molecule has 2 aromatic rings. The summed E-state index contributed by atoms with van der Waals surface area (Å²) in [6.45, 7) is 4.94. The summed E-state index contributed by atoms with van der Waals surface area (Å²) in [5.41, 5.74) is 10.8. The molecule has 0 fully saturated rings. The van der Waals surface area contributed by atoms with Gasteiger partial charge in [-0.2, -0.15) is 0 Å². The number of benzene rings is 2. The molecule has 0 aliphatic rings. The van der Waals surface area contributed by atoms with Crippen LogP contribution in [0.2, 0.25) is 0 Å². The summed E-state index contributed by atoms with van der Waals surface area (Å²) in [5.74, 6) is 0. The normalized spacial score (nSPS) is 11.0. The van der Waals surface area contributed by atoms with Crippen molar-refractivity contribution in [2.24, 2.45) is 5.73 Å². The summed E-state index contributed by atoms with van der Waals surface area (Å²) in [6.07, 6.45) is 1.19. The first-order chi connectivity index (χ1) is 9.74. The zero-order valence-electron chi connectivity index (χ0n) is 12.5. The molecule has 0 heterocycles. The molecule has 0 aliphatic heterocycles. The highest BCUT2D eigenvalue weighted by Gasteiger charge is 2.04. The van der Waals surface area contributed by atoms with E-state index in [1.807, 2.05) is 6.07 Å². The number of hydrogen-bond donors (Lipinski definition) is 1. The van der Waals surface area contributed by atoms with E-state index in [4.69, 9.17) is 5.73 Å². The van der Waals surface area contributed by atoms with E-state index in [1.54, 1.807) is 0 Å². The minimum atomic E-state index is 0.581. The van der Waals surface area contributed by atoms with Crippen LogP contribution in [0, 0.1) is 0 Å². The molecule has 0 spiro atoms. The van der Waals surface area contributed by atoms with Crippen LogP contribution in [0.5, 0.6) is 0 Å². The molecule has 2 N–H and O–H groups in total. The van der Waals surface area contributed by atoms with Crippen LogP contribution in [0.3, 0.4) is 0 Å². The SMILES string of the molecule is CCCN(C)Cc1ccc(-c2ccccc2CN)cc1. The molecule has 0 aromatic heterocycles. The van der Waals surface area contributed by atoms with Crippen LogP contribution in [0.15, 0.2) is 48.5 Å². The first kappa shape index (κ1) is 14.8. The van der Waals surface area contributed by atoms with Gasteiger partial charge in [0.2, 0.25) is 0 Å². The predicted molar refractivity (Wildman–Crippen MR) is 86.4 cm³/mol. The van der Waals surface area contributed by atoms with Gasteiger partial charge >= 0.3 is 0 Å². The lowest BCUT2D eigenvalue weighted by molar-refractivity contribution is 0.327. The molecule has 2 aromatic carbocycles. The van der Waals surface area contributed by atoms with E-state index >= 15 is 0 Å². The molecule has 2 nitrogen and oxygen atoms in total. The van der Waals surface area contributed by atoms with Crippen LogP contribution in [0.1, 0.15) is 24.5 Å². The smallest absolute Gasteiger partial charge is 0.0230 e. The number of nitrogens with zero attached hydrogens (tertiary/aromatic N) is 1. The Balaban J connectivity index is 2.15. The van der Waals surface area contributed by atoms with Gasteiger partial charge in [0.05, 0.1) is 0 Å². The fourth-order valence-corrected chi connectivity index (χ4v) is 2.54. The van der Waals surface area contributed by atoms with Gasteiger partial charge in [-0.25, -0.2) is 0 Å². The van der Waals surface area contributed by atoms with Gasteiger partial charge in [0, 0.05) is 13.1 Å². The van der Waals surface area contributed by atoms with E-state index in [1.165, 1.54) is 28.7 Å². The molecule has 0 saturated heterocycles. The summed E-state index contributed by atoms with van der Waals surface area (Å²) in [5, 5.41) is 0. The van der Waals surface area contributed by atoms with Crippen molar-refractivity contribution < 1.29 is 0 Å². The minimum Gasteiger partial charge on any atom is -0.326 e. The van der Waals surface area contributed by atoms with Crippen molar-refractivity contribution in [2.45, 2.75) is 26.4 Å². The van der Waals surface area contributed by atoms with E-state index in [2.05, 4.69) is 61.3 Å². The Kier molecular flexibility index (Phi) is 5.33. The van der Waals surface area contributed by atoms with Crippen molar-refractivity contribution in [3.63, 3.8) is 0 Å². The molecule has 0 atom stereocenters. The Morgan fingerprint density at radius 1 is 1.00 bits per heavy atom. The lowest BCUT2D eigenvalue weighted by Gasteiger charge is -2.16. The van der Waals surface area contributed by atoms with Gasteiger partial charge in [-0.05, 0) is 42.3 Å². The highest BCUT2D eigenvalue weighted by atomic mass is 15.1. The van der Waals surface area contributed by atoms with Gasteiger partial charge < -0.3 is 10.6 Å². The van der Waals surface area contributed by atoms with E-state index in [0.717, 1.165) is 13.1 Å².